The van der Waals surface area contributed by atoms with E-state index in [-0.39, 0.29) is 17.9 Å². The lowest BCUT2D eigenvalue weighted by Crippen LogP contribution is -2.43. The largest absolute Gasteiger partial charge is 0.573 e. The Hall–Kier alpha value is -4.33. The Morgan fingerprint density at radius 2 is 1.63 bits per heavy atom. The standard InChI is InChI=1S/C24H22F3N5O5S/c1-23(2)21(33)32(18-8-10-19(11-9-18)37-24(25,26)27)22(34)31(23)15-16-12-13-28-14-20(16)30-38(35,36)29-17-6-4-3-5-7-17/h3-14,29-30H,15H2,1-2H3. The predicted octanol–water partition coefficient (Wildman–Crippen LogP) is 4.50. The van der Waals surface area contributed by atoms with Gasteiger partial charge in [0.1, 0.15) is 11.3 Å². The average Bonchev–Trinajstić information content (AvgIpc) is 2.99. The van der Waals surface area contributed by atoms with Gasteiger partial charge in [0.15, 0.2) is 0 Å². The second kappa shape index (κ2) is 9.85. The number of benzene rings is 2. The molecule has 3 amide bonds. The summed E-state index contributed by atoms with van der Waals surface area (Å²) in [5, 5.41) is 0. The quantitative estimate of drug-likeness (QED) is 0.400. The number of pyridine rings is 1. The van der Waals surface area contributed by atoms with Crippen molar-refractivity contribution >= 4 is 39.2 Å². The molecule has 3 aromatic rings. The normalized spacial score (nSPS) is 15.5. The highest BCUT2D eigenvalue weighted by atomic mass is 32.2. The van der Waals surface area contributed by atoms with Crippen LogP contribution in [0.2, 0.25) is 0 Å². The molecule has 4 rings (SSSR count). The van der Waals surface area contributed by atoms with Crippen molar-refractivity contribution in [3.8, 4) is 5.75 Å². The molecule has 200 valence electrons. The number of anilines is 3. The minimum atomic E-state index is -4.89. The Morgan fingerprint density at radius 1 is 0.974 bits per heavy atom. The van der Waals surface area contributed by atoms with E-state index in [1.165, 1.54) is 37.2 Å². The number of aromatic nitrogens is 1. The van der Waals surface area contributed by atoms with Crippen molar-refractivity contribution in [1.82, 2.24) is 9.88 Å². The van der Waals surface area contributed by atoms with Gasteiger partial charge in [-0.2, -0.15) is 8.42 Å². The highest BCUT2D eigenvalue weighted by Crippen LogP contribution is 2.35. The number of carbonyl (C=O) groups excluding carboxylic acids is 2. The number of carbonyl (C=O) groups is 2. The summed E-state index contributed by atoms with van der Waals surface area (Å²) < 4.78 is 71.4. The summed E-state index contributed by atoms with van der Waals surface area (Å²) in [7, 11) is -4.08. The average molecular weight is 550 g/mol. The van der Waals surface area contributed by atoms with Crippen molar-refractivity contribution in [1.29, 1.82) is 0 Å². The molecule has 2 N–H and O–H groups in total. The summed E-state index contributed by atoms with van der Waals surface area (Å²) in [5.74, 6) is -1.12. The minimum Gasteiger partial charge on any atom is -0.406 e. The van der Waals surface area contributed by atoms with Crippen molar-refractivity contribution in [2.75, 3.05) is 14.3 Å². The molecule has 14 heteroatoms. The highest BCUT2D eigenvalue weighted by Gasteiger charge is 2.52. The molecule has 2 heterocycles. The van der Waals surface area contributed by atoms with Gasteiger partial charge >= 0.3 is 22.6 Å². The first-order chi connectivity index (χ1) is 17.8. The highest BCUT2D eigenvalue weighted by molar-refractivity contribution is 7.94. The molecule has 0 saturated carbocycles. The van der Waals surface area contributed by atoms with E-state index in [0.29, 0.717) is 11.3 Å². The third-order valence-corrected chi connectivity index (χ3v) is 6.66. The number of halogens is 3. The van der Waals surface area contributed by atoms with Crippen molar-refractivity contribution in [2.24, 2.45) is 0 Å². The summed E-state index contributed by atoms with van der Waals surface area (Å²) in [5.41, 5.74) is -0.551. The topological polar surface area (TPSA) is 121 Å². The molecule has 10 nitrogen and oxygen atoms in total. The molecule has 1 aromatic heterocycles. The van der Waals surface area contributed by atoms with Crippen LogP contribution in [-0.2, 0) is 21.5 Å². The smallest absolute Gasteiger partial charge is 0.406 e. The number of alkyl halides is 3. The second-order valence-electron chi connectivity index (χ2n) is 8.72. The molecule has 1 aliphatic rings. The van der Waals surface area contributed by atoms with Crippen LogP contribution >= 0.6 is 0 Å². The summed E-state index contributed by atoms with van der Waals surface area (Å²) in [4.78, 5) is 32.6. The molecular formula is C24H22F3N5O5S. The summed E-state index contributed by atoms with van der Waals surface area (Å²) in [6.07, 6.45) is -2.21. The predicted molar refractivity (Wildman–Crippen MR) is 132 cm³/mol. The lowest BCUT2D eigenvalue weighted by Gasteiger charge is -2.28. The van der Waals surface area contributed by atoms with E-state index in [1.807, 2.05) is 0 Å². The van der Waals surface area contributed by atoms with Crippen molar-refractivity contribution < 1.29 is 35.9 Å². The van der Waals surface area contributed by atoms with Crippen LogP contribution in [0.25, 0.3) is 0 Å². The van der Waals surface area contributed by atoms with E-state index >= 15 is 0 Å². The van der Waals surface area contributed by atoms with Gasteiger partial charge in [-0.25, -0.2) is 9.69 Å². The first kappa shape index (κ1) is 26.7. The van der Waals surface area contributed by atoms with Gasteiger partial charge in [0.05, 0.1) is 29.8 Å². The lowest BCUT2D eigenvalue weighted by molar-refractivity contribution is -0.274. The van der Waals surface area contributed by atoms with E-state index in [4.69, 9.17) is 0 Å². The van der Waals surface area contributed by atoms with Crippen molar-refractivity contribution in [3.63, 3.8) is 0 Å². The van der Waals surface area contributed by atoms with Crippen LogP contribution < -0.4 is 19.1 Å². The van der Waals surface area contributed by atoms with Gasteiger partial charge in [0, 0.05) is 6.20 Å². The number of nitrogens with zero attached hydrogens (tertiary/aromatic N) is 3. The fourth-order valence-corrected chi connectivity index (χ4v) is 4.75. The van der Waals surface area contributed by atoms with Crippen LogP contribution in [0.1, 0.15) is 19.4 Å². The minimum absolute atomic E-state index is 0.0489. The number of ether oxygens (including phenoxy) is 1. The fraction of sp³-hybridized carbons (Fsp3) is 0.208. The zero-order valence-corrected chi connectivity index (χ0v) is 20.9. The lowest BCUT2D eigenvalue weighted by atomic mass is 10.0. The van der Waals surface area contributed by atoms with Crippen LogP contribution in [0.5, 0.6) is 5.75 Å². The summed E-state index contributed by atoms with van der Waals surface area (Å²) >= 11 is 0. The number of imide groups is 1. The number of hydrogen-bond acceptors (Lipinski definition) is 6. The summed E-state index contributed by atoms with van der Waals surface area (Å²) in [6, 6.07) is 13.3. The van der Waals surface area contributed by atoms with E-state index in [1.54, 1.807) is 30.3 Å². The van der Waals surface area contributed by atoms with Crippen molar-refractivity contribution in [3.05, 3.63) is 78.6 Å². The Kier molecular flexibility index (Phi) is 6.93. The molecule has 0 spiro atoms. The first-order valence-electron chi connectivity index (χ1n) is 11.1. The van der Waals surface area contributed by atoms with Gasteiger partial charge in [-0.05, 0) is 61.9 Å². The van der Waals surface area contributed by atoms with Crippen LogP contribution in [0.4, 0.5) is 35.0 Å². The monoisotopic (exact) mass is 549 g/mol. The van der Waals surface area contributed by atoms with Crippen LogP contribution in [0.3, 0.4) is 0 Å². The van der Waals surface area contributed by atoms with Gasteiger partial charge in [-0.1, -0.05) is 18.2 Å². The van der Waals surface area contributed by atoms with Gasteiger partial charge in [0.25, 0.3) is 5.91 Å². The molecule has 0 radical (unpaired) electrons. The number of hydrogen-bond donors (Lipinski definition) is 2. The van der Waals surface area contributed by atoms with Crippen LogP contribution in [0.15, 0.2) is 73.1 Å². The molecule has 38 heavy (non-hydrogen) atoms. The number of para-hydroxylation sites is 1. The third kappa shape index (κ3) is 5.80. The zero-order chi connectivity index (χ0) is 27.7. The Balaban J connectivity index is 1.56. The number of rotatable bonds is 8. The Labute approximate surface area is 216 Å². The SMILES string of the molecule is CC1(C)C(=O)N(c2ccc(OC(F)(F)F)cc2)C(=O)N1Cc1ccncc1NS(=O)(=O)Nc1ccccc1. The van der Waals surface area contributed by atoms with Crippen LogP contribution in [-0.4, -0.2) is 42.1 Å². The second-order valence-corrected chi connectivity index (χ2v) is 10.1. The van der Waals surface area contributed by atoms with E-state index in [9.17, 15) is 31.2 Å². The van der Waals surface area contributed by atoms with E-state index in [0.717, 1.165) is 29.2 Å². The molecule has 1 fully saturated rings. The van der Waals surface area contributed by atoms with Gasteiger partial charge in [-0.3, -0.25) is 19.2 Å². The molecule has 0 bridgehead atoms. The molecule has 1 saturated heterocycles. The maximum absolute atomic E-state index is 13.3. The molecule has 0 atom stereocenters. The van der Waals surface area contributed by atoms with Gasteiger partial charge < -0.3 is 9.64 Å². The van der Waals surface area contributed by atoms with Gasteiger partial charge in [-0.15, -0.1) is 13.2 Å². The van der Waals surface area contributed by atoms with Crippen molar-refractivity contribution in [2.45, 2.75) is 32.3 Å². The zero-order valence-electron chi connectivity index (χ0n) is 20.1. The number of urea groups is 1. The molecular weight excluding hydrogens is 527 g/mol. The van der Waals surface area contributed by atoms with E-state index in [2.05, 4.69) is 19.2 Å². The third-order valence-electron chi connectivity index (χ3n) is 5.66. The summed E-state index contributed by atoms with van der Waals surface area (Å²) in [6.45, 7) is 2.85. The number of amides is 3. The van der Waals surface area contributed by atoms with E-state index < -0.39 is 39.8 Å². The van der Waals surface area contributed by atoms with Crippen LogP contribution in [0, 0.1) is 0 Å². The first-order valence-corrected chi connectivity index (χ1v) is 12.6. The maximum atomic E-state index is 13.3. The molecule has 2 aromatic carbocycles. The Bertz CT molecular complexity index is 1450. The fourth-order valence-electron chi connectivity index (χ4n) is 3.78. The molecule has 0 aliphatic carbocycles. The maximum Gasteiger partial charge on any atom is 0.573 e. The number of nitrogens with one attached hydrogen (secondary N) is 2. The molecule has 0 unspecified atom stereocenters. The molecule has 1 aliphatic heterocycles. The van der Waals surface area contributed by atoms with Gasteiger partial charge in [0.2, 0.25) is 0 Å². The Morgan fingerprint density at radius 3 is 2.26 bits per heavy atom.